The molecular formula is C15H14O3. The smallest absolute Gasteiger partial charge is 0.165 e. The average molecular weight is 242 g/mol. The van der Waals surface area contributed by atoms with E-state index in [1.54, 1.807) is 13.2 Å². The Bertz CT molecular complexity index is 590. The van der Waals surface area contributed by atoms with Gasteiger partial charge in [0.2, 0.25) is 0 Å². The minimum atomic E-state index is 0.180. The van der Waals surface area contributed by atoms with Crippen molar-refractivity contribution in [2.45, 2.75) is 6.42 Å². The van der Waals surface area contributed by atoms with Crippen molar-refractivity contribution >= 4 is 0 Å². The van der Waals surface area contributed by atoms with Crippen LogP contribution in [0.1, 0.15) is 5.56 Å². The molecule has 0 amide bonds. The topological polar surface area (TPSA) is 38.7 Å². The van der Waals surface area contributed by atoms with Crippen LogP contribution >= 0.6 is 0 Å². The molecule has 3 heteroatoms. The van der Waals surface area contributed by atoms with Gasteiger partial charge >= 0.3 is 0 Å². The first-order valence-electron chi connectivity index (χ1n) is 5.91. The Morgan fingerprint density at radius 1 is 1.22 bits per heavy atom. The van der Waals surface area contributed by atoms with Gasteiger partial charge < -0.3 is 14.6 Å². The largest absolute Gasteiger partial charge is 0.504 e. The zero-order valence-corrected chi connectivity index (χ0v) is 10.1. The van der Waals surface area contributed by atoms with Crippen LogP contribution in [0.5, 0.6) is 17.2 Å². The summed E-state index contributed by atoms with van der Waals surface area (Å²) >= 11 is 0. The Hall–Kier alpha value is -2.16. The zero-order chi connectivity index (χ0) is 12.5. The number of fused-ring (bicyclic) bond motifs is 1. The Labute approximate surface area is 106 Å². The molecule has 0 radical (unpaired) electrons. The van der Waals surface area contributed by atoms with Crippen molar-refractivity contribution in [3.63, 3.8) is 0 Å². The van der Waals surface area contributed by atoms with Gasteiger partial charge in [-0.05, 0) is 29.3 Å². The molecule has 3 rings (SSSR count). The standard InChI is InChI=1S/C15H14O3/c1-17-14-4-2-3-12(15(14)16)10-5-6-13-11(9-10)7-8-18-13/h2-6,9,16H,7-8H2,1H3. The number of methoxy groups -OCH3 is 1. The molecule has 1 N–H and O–H groups in total. The first-order valence-corrected chi connectivity index (χ1v) is 5.91. The van der Waals surface area contributed by atoms with E-state index in [1.807, 2.05) is 24.3 Å². The highest BCUT2D eigenvalue weighted by Crippen LogP contribution is 2.38. The molecule has 0 saturated carbocycles. The lowest BCUT2D eigenvalue weighted by Gasteiger charge is -2.09. The molecular weight excluding hydrogens is 228 g/mol. The Morgan fingerprint density at radius 3 is 2.94 bits per heavy atom. The molecule has 2 aromatic carbocycles. The second-order valence-electron chi connectivity index (χ2n) is 4.28. The molecule has 0 aromatic heterocycles. The van der Waals surface area contributed by atoms with Crippen LogP contribution in [0.2, 0.25) is 0 Å². The minimum Gasteiger partial charge on any atom is -0.504 e. The lowest BCUT2D eigenvalue weighted by molar-refractivity contribution is 0.357. The van der Waals surface area contributed by atoms with Gasteiger partial charge in [0.1, 0.15) is 5.75 Å². The van der Waals surface area contributed by atoms with Crippen LogP contribution in [0, 0.1) is 0 Å². The van der Waals surface area contributed by atoms with Crippen LogP contribution in [0.25, 0.3) is 11.1 Å². The number of phenols is 1. The van der Waals surface area contributed by atoms with Crippen molar-refractivity contribution in [1.29, 1.82) is 0 Å². The summed E-state index contributed by atoms with van der Waals surface area (Å²) in [6, 6.07) is 11.5. The van der Waals surface area contributed by atoms with E-state index in [9.17, 15) is 5.11 Å². The monoisotopic (exact) mass is 242 g/mol. The van der Waals surface area contributed by atoms with Crippen molar-refractivity contribution in [2.24, 2.45) is 0 Å². The van der Waals surface area contributed by atoms with Gasteiger partial charge in [-0.3, -0.25) is 0 Å². The molecule has 0 atom stereocenters. The summed E-state index contributed by atoms with van der Waals surface area (Å²) in [5, 5.41) is 10.1. The predicted octanol–water partition coefficient (Wildman–Crippen LogP) is 3.00. The van der Waals surface area contributed by atoms with Gasteiger partial charge in [-0.1, -0.05) is 18.2 Å². The number of phenolic OH excluding ortho intramolecular Hbond substituents is 1. The van der Waals surface area contributed by atoms with E-state index in [0.717, 1.165) is 29.9 Å². The lowest BCUT2D eigenvalue weighted by Crippen LogP contribution is -1.87. The summed E-state index contributed by atoms with van der Waals surface area (Å²) in [4.78, 5) is 0. The van der Waals surface area contributed by atoms with E-state index in [4.69, 9.17) is 9.47 Å². The Morgan fingerprint density at radius 2 is 2.11 bits per heavy atom. The van der Waals surface area contributed by atoms with Crippen LogP contribution < -0.4 is 9.47 Å². The van der Waals surface area contributed by atoms with Crippen molar-refractivity contribution in [3.05, 3.63) is 42.0 Å². The van der Waals surface area contributed by atoms with Crippen LogP contribution in [0.15, 0.2) is 36.4 Å². The van der Waals surface area contributed by atoms with Crippen molar-refractivity contribution in [2.75, 3.05) is 13.7 Å². The molecule has 1 aliphatic heterocycles. The predicted molar refractivity (Wildman–Crippen MR) is 69.3 cm³/mol. The molecule has 0 spiro atoms. The fourth-order valence-corrected chi connectivity index (χ4v) is 2.27. The highest BCUT2D eigenvalue weighted by atomic mass is 16.5. The summed E-state index contributed by atoms with van der Waals surface area (Å²) in [7, 11) is 1.55. The van der Waals surface area contributed by atoms with Crippen LogP contribution in [0.3, 0.4) is 0 Å². The number of hydrogen-bond donors (Lipinski definition) is 1. The van der Waals surface area contributed by atoms with Crippen LogP contribution in [0.4, 0.5) is 0 Å². The highest BCUT2D eigenvalue weighted by Gasteiger charge is 2.15. The summed E-state index contributed by atoms with van der Waals surface area (Å²) < 4.78 is 10.6. The minimum absolute atomic E-state index is 0.180. The van der Waals surface area contributed by atoms with Crippen LogP contribution in [-0.4, -0.2) is 18.8 Å². The average Bonchev–Trinajstić information content (AvgIpc) is 2.86. The van der Waals surface area contributed by atoms with Crippen molar-refractivity contribution in [3.8, 4) is 28.4 Å². The first kappa shape index (κ1) is 11.0. The van der Waals surface area contributed by atoms with Gasteiger partial charge in [-0.15, -0.1) is 0 Å². The molecule has 0 bridgehead atoms. The number of ether oxygens (including phenoxy) is 2. The quantitative estimate of drug-likeness (QED) is 0.879. The molecule has 2 aromatic rings. The Balaban J connectivity index is 2.10. The summed E-state index contributed by atoms with van der Waals surface area (Å²) in [5.41, 5.74) is 2.95. The van der Waals surface area contributed by atoms with E-state index < -0.39 is 0 Å². The molecule has 92 valence electrons. The summed E-state index contributed by atoms with van der Waals surface area (Å²) in [5.74, 6) is 1.62. The molecule has 0 saturated heterocycles. The van der Waals surface area contributed by atoms with Gasteiger partial charge in [0, 0.05) is 12.0 Å². The van der Waals surface area contributed by atoms with Gasteiger partial charge in [0.25, 0.3) is 0 Å². The van der Waals surface area contributed by atoms with Gasteiger partial charge in [-0.25, -0.2) is 0 Å². The van der Waals surface area contributed by atoms with Gasteiger partial charge in [0.15, 0.2) is 11.5 Å². The fourth-order valence-electron chi connectivity index (χ4n) is 2.27. The molecule has 3 nitrogen and oxygen atoms in total. The first-order chi connectivity index (χ1) is 8.79. The second kappa shape index (κ2) is 4.26. The van der Waals surface area contributed by atoms with Gasteiger partial charge in [-0.2, -0.15) is 0 Å². The highest BCUT2D eigenvalue weighted by molar-refractivity contribution is 5.74. The lowest BCUT2D eigenvalue weighted by atomic mass is 10.0. The maximum atomic E-state index is 10.1. The maximum absolute atomic E-state index is 10.1. The third-order valence-corrected chi connectivity index (χ3v) is 3.22. The summed E-state index contributed by atoms with van der Waals surface area (Å²) in [6.07, 6.45) is 0.925. The zero-order valence-electron chi connectivity index (χ0n) is 10.1. The van der Waals surface area contributed by atoms with E-state index in [1.165, 1.54) is 5.56 Å². The van der Waals surface area contributed by atoms with E-state index in [2.05, 4.69) is 6.07 Å². The molecule has 0 aliphatic carbocycles. The third-order valence-electron chi connectivity index (χ3n) is 3.22. The summed E-state index contributed by atoms with van der Waals surface area (Å²) in [6.45, 7) is 0.739. The molecule has 18 heavy (non-hydrogen) atoms. The van der Waals surface area contributed by atoms with Crippen molar-refractivity contribution < 1.29 is 14.6 Å². The SMILES string of the molecule is COc1cccc(-c2ccc3c(c2)CCO3)c1O. The molecule has 1 heterocycles. The molecule has 0 unspecified atom stereocenters. The normalized spacial score (nSPS) is 12.9. The Kier molecular flexibility index (Phi) is 2.59. The van der Waals surface area contributed by atoms with Crippen LogP contribution in [-0.2, 0) is 6.42 Å². The number of para-hydroxylation sites is 1. The number of rotatable bonds is 2. The number of hydrogen-bond acceptors (Lipinski definition) is 3. The van der Waals surface area contributed by atoms with E-state index in [-0.39, 0.29) is 5.75 Å². The third kappa shape index (κ3) is 1.68. The molecule has 0 fully saturated rings. The van der Waals surface area contributed by atoms with Gasteiger partial charge in [0.05, 0.1) is 13.7 Å². The number of aromatic hydroxyl groups is 1. The molecule has 1 aliphatic rings. The van der Waals surface area contributed by atoms with E-state index >= 15 is 0 Å². The second-order valence-corrected chi connectivity index (χ2v) is 4.28. The van der Waals surface area contributed by atoms with Crippen molar-refractivity contribution in [1.82, 2.24) is 0 Å². The fraction of sp³-hybridized carbons (Fsp3) is 0.200. The van der Waals surface area contributed by atoms with E-state index in [0.29, 0.717) is 5.75 Å². The number of benzene rings is 2. The maximum Gasteiger partial charge on any atom is 0.165 e.